The van der Waals surface area contributed by atoms with Gasteiger partial charge < -0.3 is 15.8 Å². The molecule has 1 unspecified atom stereocenters. The molecule has 21 heavy (non-hydrogen) atoms. The third kappa shape index (κ3) is 3.14. The smallest absolute Gasteiger partial charge is 0.107 e. The maximum Gasteiger partial charge on any atom is 0.107 e. The number of anilines is 1. The second-order valence-corrected chi connectivity index (χ2v) is 5.72. The fourth-order valence-electron chi connectivity index (χ4n) is 2.75. The molecule has 3 rings (SSSR count). The molecule has 5 heteroatoms. The molecule has 1 saturated heterocycles. The van der Waals surface area contributed by atoms with E-state index < -0.39 is 0 Å². The number of para-hydroxylation sites is 1. The quantitative estimate of drug-likeness (QED) is 0.832. The lowest BCUT2D eigenvalue weighted by atomic mass is 10.1. The highest BCUT2D eigenvalue weighted by Crippen LogP contribution is 2.26. The van der Waals surface area contributed by atoms with Crippen LogP contribution in [0.2, 0.25) is 0 Å². The van der Waals surface area contributed by atoms with Gasteiger partial charge in [0.1, 0.15) is 4.99 Å². The Kier molecular flexibility index (Phi) is 4.31. The van der Waals surface area contributed by atoms with Crippen LogP contribution in [0.15, 0.2) is 30.5 Å². The highest BCUT2D eigenvalue weighted by Gasteiger charge is 2.16. The number of aromatic nitrogens is 1. The van der Waals surface area contributed by atoms with Gasteiger partial charge in [-0.25, -0.2) is 0 Å². The second kappa shape index (κ2) is 6.37. The van der Waals surface area contributed by atoms with Crippen LogP contribution in [0, 0.1) is 0 Å². The van der Waals surface area contributed by atoms with Gasteiger partial charge in [0.05, 0.1) is 22.9 Å². The molecule has 1 aliphatic heterocycles. The van der Waals surface area contributed by atoms with E-state index in [4.69, 9.17) is 22.7 Å². The van der Waals surface area contributed by atoms with Gasteiger partial charge in [-0.1, -0.05) is 30.4 Å². The van der Waals surface area contributed by atoms with E-state index in [1.165, 1.54) is 6.42 Å². The maximum absolute atomic E-state index is 5.83. The van der Waals surface area contributed by atoms with E-state index in [2.05, 4.69) is 10.3 Å². The minimum atomic E-state index is 0.368. The van der Waals surface area contributed by atoms with E-state index in [-0.39, 0.29) is 0 Å². The molecular formula is C16H19N3OS. The predicted molar refractivity (Wildman–Crippen MR) is 89.7 cm³/mol. The molecule has 0 spiro atoms. The van der Waals surface area contributed by atoms with Crippen molar-refractivity contribution in [3.8, 4) is 0 Å². The molecule has 0 bridgehead atoms. The summed E-state index contributed by atoms with van der Waals surface area (Å²) in [5.41, 5.74) is 8.55. The molecule has 1 aromatic heterocycles. The van der Waals surface area contributed by atoms with Crippen LogP contribution in [0.25, 0.3) is 10.9 Å². The lowest BCUT2D eigenvalue weighted by Gasteiger charge is -2.15. The zero-order valence-electron chi connectivity index (χ0n) is 11.8. The molecule has 0 amide bonds. The molecule has 0 aliphatic carbocycles. The van der Waals surface area contributed by atoms with Crippen molar-refractivity contribution in [1.82, 2.24) is 4.98 Å². The number of fused-ring (bicyclic) bond motifs is 1. The maximum atomic E-state index is 5.83. The van der Waals surface area contributed by atoms with Gasteiger partial charge in [-0.3, -0.25) is 4.98 Å². The van der Waals surface area contributed by atoms with Gasteiger partial charge in [0.2, 0.25) is 0 Å². The molecule has 1 aliphatic rings. The lowest BCUT2D eigenvalue weighted by molar-refractivity contribution is 0.107. The zero-order valence-corrected chi connectivity index (χ0v) is 12.7. The van der Waals surface area contributed by atoms with Crippen molar-refractivity contribution in [2.24, 2.45) is 5.73 Å². The number of pyridine rings is 1. The van der Waals surface area contributed by atoms with Crippen LogP contribution in [0.4, 0.5) is 5.69 Å². The Balaban J connectivity index is 1.83. The number of nitrogens with one attached hydrogen (secondary N) is 1. The largest absolute Gasteiger partial charge is 0.389 e. The lowest BCUT2D eigenvalue weighted by Crippen LogP contribution is -2.17. The molecule has 2 heterocycles. The molecule has 3 N–H and O–H groups in total. The van der Waals surface area contributed by atoms with Crippen LogP contribution >= 0.6 is 12.2 Å². The van der Waals surface area contributed by atoms with Crippen molar-refractivity contribution in [2.45, 2.75) is 25.4 Å². The normalized spacial score (nSPS) is 18.0. The highest BCUT2D eigenvalue weighted by atomic mass is 32.1. The predicted octanol–water partition coefficient (Wildman–Crippen LogP) is 2.85. The molecule has 110 valence electrons. The molecule has 1 aromatic carbocycles. The Morgan fingerprint density at radius 3 is 3.05 bits per heavy atom. The van der Waals surface area contributed by atoms with Gasteiger partial charge in [-0.05, 0) is 25.3 Å². The van der Waals surface area contributed by atoms with E-state index in [1.54, 1.807) is 6.20 Å². The Labute approximate surface area is 129 Å². The van der Waals surface area contributed by atoms with Crippen LogP contribution in [-0.2, 0) is 4.74 Å². The van der Waals surface area contributed by atoms with Gasteiger partial charge in [0.25, 0.3) is 0 Å². The highest BCUT2D eigenvalue weighted by molar-refractivity contribution is 7.80. The minimum absolute atomic E-state index is 0.368. The summed E-state index contributed by atoms with van der Waals surface area (Å²) in [6, 6.07) is 8.01. The van der Waals surface area contributed by atoms with Gasteiger partial charge in [0.15, 0.2) is 0 Å². The summed E-state index contributed by atoms with van der Waals surface area (Å²) in [7, 11) is 0. The van der Waals surface area contributed by atoms with Crippen LogP contribution in [-0.4, -0.2) is 29.2 Å². The molecule has 0 radical (unpaired) electrons. The van der Waals surface area contributed by atoms with Crippen LogP contribution < -0.4 is 11.1 Å². The molecule has 0 saturated carbocycles. The summed E-state index contributed by atoms with van der Waals surface area (Å²) in [4.78, 5) is 4.78. The summed E-state index contributed by atoms with van der Waals surface area (Å²) in [5, 5.41) is 4.53. The number of hydrogen-bond donors (Lipinski definition) is 2. The monoisotopic (exact) mass is 301 g/mol. The zero-order chi connectivity index (χ0) is 14.7. The number of rotatable bonds is 5. The number of benzene rings is 1. The molecule has 4 nitrogen and oxygen atoms in total. The van der Waals surface area contributed by atoms with Crippen molar-refractivity contribution in [3.05, 3.63) is 36.0 Å². The van der Waals surface area contributed by atoms with Gasteiger partial charge in [-0.15, -0.1) is 0 Å². The second-order valence-electron chi connectivity index (χ2n) is 5.28. The average molecular weight is 301 g/mol. The molecular weight excluding hydrogens is 282 g/mol. The topological polar surface area (TPSA) is 60.2 Å². The minimum Gasteiger partial charge on any atom is -0.389 e. The van der Waals surface area contributed by atoms with Crippen molar-refractivity contribution in [2.75, 3.05) is 18.5 Å². The number of nitrogens with two attached hydrogens (primary N) is 1. The summed E-state index contributed by atoms with van der Waals surface area (Å²) in [6.07, 6.45) is 5.44. The first-order valence-electron chi connectivity index (χ1n) is 7.29. The Hall–Kier alpha value is -1.72. The first-order valence-corrected chi connectivity index (χ1v) is 7.69. The number of hydrogen-bond acceptors (Lipinski definition) is 4. The third-order valence-electron chi connectivity index (χ3n) is 3.83. The summed E-state index contributed by atoms with van der Waals surface area (Å²) >= 11 is 5.14. The fraction of sp³-hybridized carbons (Fsp3) is 0.375. The Bertz CT molecular complexity index is 653. The van der Waals surface area contributed by atoms with Crippen molar-refractivity contribution in [3.63, 3.8) is 0 Å². The van der Waals surface area contributed by atoms with Crippen molar-refractivity contribution >= 4 is 33.8 Å². The average Bonchev–Trinajstić information content (AvgIpc) is 3.00. The van der Waals surface area contributed by atoms with Gasteiger partial charge in [0, 0.05) is 24.7 Å². The molecule has 1 fully saturated rings. The van der Waals surface area contributed by atoms with E-state index in [0.717, 1.165) is 48.1 Å². The number of nitrogens with zero attached hydrogens (tertiary/aromatic N) is 1. The first-order chi connectivity index (χ1) is 10.3. The first kappa shape index (κ1) is 14.2. The number of ether oxygens (including phenoxy) is 1. The Morgan fingerprint density at radius 1 is 1.43 bits per heavy atom. The van der Waals surface area contributed by atoms with Crippen molar-refractivity contribution in [1.29, 1.82) is 0 Å². The van der Waals surface area contributed by atoms with E-state index in [1.807, 2.05) is 24.3 Å². The van der Waals surface area contributed by atoms with Crippen LogP contribution in [0.1, 0.15) is 24.8 Å². The van der Waals surface area contributed by atoms with E-state index >= 15 is 0 Å². The van der Waals surface area contributed by atoms with Crippen LogP contribution in [0.3, 0.4) is 0 Å². The summed E-state index contributed by atoms with van der Waals surface area (Å²) in [5.74, 6) is 0. The standard InChI is InChI=1S/C16H19N3OS/c17-16(21)13-10-19-14-6-2-1-5-12(14)15(13)18-8-7-11-4-3-9-20-11/h1-2,5-6,10-11H,3-4,7-9H2,(H2,17,21)(H,18,19). The number of thiocarbonyl (C=S) groups is 1. The van der Waals surface area contributed by atoms with Gasteiger partial charge in [-0.2, -0.15) is 0 Å². The molecule has 2 aromatic rings. The van der Waals surface area contributed by atoms with Crippen molar-refractivity contribution < 1.29 is 4.74 Å². The fourth-order valence-corrected chi connectivity index (χ4v) is 2.90. The SMILES string of the molecule is NC(=S)c1cnc2ccccc2c1NCCC1CCCO1. The van der Waals surface area contributed by atoms with E-state index in [0.29, 0.717) is 11.1 Å². The molecule has 1 atom stereocenters. The summed E-state index contributed by atoms with van der Waals surface area (Å²) < 4.78 is 5.65. The van der Waals surface area contributed by atoms with E-state index in [9.17, 15) is 0 Å². The third-order valence-corrected chi connectivity index (χ3v) is 4.05. The summed E-state index contributed by atoms with van der Waals surface area (Å²) in [6.45, 7) is 1.73. The van der Waals surface area contributed by atoms with Crippen LogP contribution in [0.5, 0.6) is 0 Å². The Morgan fingerprint density at radius 2 is 2.29 bits per heavy atom. The van der Waals surface area contributed by atoms with Gasteiger partial charge >= 0.3 is 0 Å².